The molecule has 0 amide bonds. The van der Waals surface area contributed by atoms with Crippen LogP contribution in [-0.4, -0.2) is 29.7 Å². The van der Waals surface area contributed by atoms with Crippen LogP contribution >= 0.6 is 11.6 Å². The number of halogens is 1. The van der Waals surface area contributed by atoms with E-state index >= 15 is 0 Å². The summed E-state index contributed by atoms with van der Waals surface area (Å²) in [4.78, 5) is 10.8. The molecule has 0 saturated carbocycles. The van der Waals surface area contributed by atoms with E-state index in [2.05, 4.69) is 26.3 Å². The minimum Gasteiger partial charge on any atom is -0.491 e. The van der Waals surface area contributed by atoms with Crippen molar-refractivity contribution in [2.75, 3.05) is 29.9 Å². The molecule has 2 heterocycles. The fraction of sp³-hybridized carbons (Fsp3) is 0.333. The Kier molecular flexibility index (Phi) is 4.10. The molecular weight excluding hydrogens is 288 g/mol. The van der Waals surface area contributed by atoms with Crippen LogP contribution in [0.4, 0.5) is 11.8 Å². The van der Waals surface area contributed by atoms with E-state index in [0.29, 0.717) is 17.6 Å². The number of fused-ring (bicyclic) bond motifs is 1. The van der Waals surface area contributed by atoms with Crippen LogP contribution in [0.5, 0.6) is 5.75 Å². The van der Waals surface area contributed by atoms with Crippen LogP contribution in [0.3, 0.4) is 0 Å². The average Bonchev–Trinajstić information content (AvgIpc) is 2.71. The molecule has 0 bridgehead atoms. The summed E-state index contributed by atoms with van der Waals surface area (Å²) in [6, 6.07) is 8.05. The third-order valence-corrected chi connectivity index (χ3v) is 3.58. The van der Waals surface area contributed by atoms with Crippen molar-refractivity contribution in [1.82, 2.24) is 9.97 Å². The van der Waals surface area contributed by atoms with Gasteiger partial charge in [0.1, 0.15) is 17.4 Å². The number of hydrogen-bond acceptors (Lipinski definition) is 5. The molecule has 6 heteroatoms. The molecule has 5 nitrogen and oxygen atoms in total. The summed E-state index contributed by atoms with van der Waals surface area (Å²) < 4.78 is 5.77. The van der Waals surface area contributed by atoms with Crippen molar-refractivity contribution in [1.29, 1.82) is 0 Å². The summed E-state index contributed by atoms with van der Waals surface area (Å²) in [7, 11) is 0. The van der Waals surface area contributed by atoms with Gasteiger partial charge >= 0.3 is 0 Å². The van der Waals surface area contributed by atoms with Gasteiger partial charge in [-0.3, -0.25) is 0 Å². The molecule has 2 aromatic rings. The lowest BCUT2D eigenvalue weighted by Gasteiger charge is -2.22. The predicted molar refractivity (Wildman–Crippen MR) is 84.2 cm³/mol. The molecule has 0 atom stereocenters. The van der Waals surface area contributed by atoms with Crippen molar-refractivity contribution in [3.63, 3.8) is 0 Å². The van der Waals surface area contributed by atoms with Crippen molar-refractivity contribution in [2.24, 2.45) is 0 Å². The standard InChI is InChI=1S/C15H17ClN4O/c1-2-17-15-18-9-12(16)14(19-15)20-7-8-21-13-6-4-3-5-11(13)10-20/h3-6,9H,2,7-8,10H2,1H3,(H,17,18,19). The highest BCUT2D eigenvalue weighted by atomic mass is 35.5. The van der Waals surface area contributed by atoms with Gasteiger partial charge < -0.3 is 15.0 Å². The minimum absolute atomic E-state index is 0.552. The molecule has 0 unspecified atom stereocenters. The lowest BCUT2D eigenvalue weighted by Crippen LogP contribution is -2.27. The summed E-state index contributed by atoms with van der Waals surface area (Å²) in [5.41, 5.74) is 1.13. The Bertz CT molecular complexity index is 635. The Morgan fingerprint density at radius 1 is 1.38 bits per heavy atom. The van der Waals surface area contributed by atoms with Crippen LogP contribution in [0.2, 0.25) is 5.02 Å². The molecule has 1 aromatic carbocycles. The molecule has 0 radical (unpaired) electrons. The molecule has 1 aliphatic heterocycles. The van der Waals surface area contributed by atoms with E-state index in [-0.39, 0.29) is 0 Å². The molecule has 3 rings (SSSR count). The van der Waals surface area contributed by atoms with E-state index in [4.69, 9.17) is 16.3 Å². The number of nitrogens with one attached hydrogen (secondary N) is 1. The molecule has 0 fully saturated rings. The van der Waals surface area contributed by atoms with E-state index in [9.17, 15) is 0 Å². The molecule has 110 valence electrons. The zero-order valence-electron chi connectivity index (χ0n) is 11.8. The highest BCUT2D eigenvalue weighted by Crippen LogP contribution is 2.29. The Morgan fingerprint density at radius 3 is 3.10 bits per heavy atom. The summed E-state index contributed by atoms with van der Waals surface area (Å²) in [6.07, 6.45) is 1.64. The van der Waals surface area contributed by atoms with Gasteiger partial charge in [-0.2, -0.15) is 4.98 Å². The van der Waals surface area contributed by atoms with Crippen LogP contribution in [0.15, 0.2) is 30.5 Å². The Hall–Kier alpha value is -2.01. The number of nitrogens with zero attached hydrogens (tertiary/aromatic N) is 3. The van der Waals surface area contributed by atoms with Gasteiger partial charge in [-0.25, -0.2) is 4.98 Å². The van der Waals surface area contributed by atoms with Crippen LogP contribution in [-0.2, 0) is 6.54 Å². The zero-order valence-corrected chi connectivity index (χ0v) is 12.6. The predicted octanol–water partition coefficient (Wildman–Crippen LogP) is 2.96. The third kappa shape index (κ3) is 3.03. The fourth-order valence-corrected chi connectivity index (χ4v) is 2.54. The number of aromatic nitrogens is 2. The van der Waals surface area contributed by atoms with Crippen molar-refractivity contribution in [2.45, 2.75) is 13.5 Å². The van der Waals surface area contributed by atoms with Gasteiger partial charge in [0, 0.05) is 18.7 Å². The topological polar surface area (TPSA) is 50.3 Å². The highest BCUT2D eigenvalue weighted by Gasteiger charge is 2.19. The van der Waals surface area contributed by atoms with Gasteiger partial charge in [-0.15, -0.1) is 0 Å². The number of rotatable bonds is 3. The van der Waals surface area contributed by atoms with Crippen LogP contribution < -0.4 is 15.0 Å². The molecule has 1 aliphatic rings. The molecule has 0 saturated heterocycles. The third-order valence-electron chi connectivity index (χ3n) is 3.31. The van der Waals surface area contributed by atoms with E-state index < -0.39 is 0 Å². The molecule has 0 aliphatic carbocycles. The van der Waals surface area contributed by atoms with Gasteiger partial charge in [0.2, 0.25) is 5.95 Å². The second-order valence-corrected chi connectivity index (χ2v) is 5.18. The van der Waals surface area contributed by atoms with Crippen molar-refractivity contribution in [3.05, 3.63) is 41.0 Å². The molecule has 1 aromatic heterocycles. The van der Waals surface area contributed by atoms with Gasteiger partial charge in [0.25, 0.3) is 0 Å². The van der Waals surface area contributed by atoms with Crippen LogP contribution in [0.1, 0.15) is 12.5 Å². The quantitative estimate of drug-likeness (QED) is 0.945. The largest absolute Gasteiger partial charge is 0.491 e. The van der Waals surface area contributed by atoms with E-state index in [0.717, 1.165) is 36.8 Å². The Morgan fingerprint density at radius 2 is 2.24 bits per heavy atom. The maximum Gasteiger partial charge on any atom is 0.224 e. The summed E-state index contributed by atoms with van der Waals surface area (Å²) in [5, 5.41) is 3.66. The van der Waals surface area contributed by atoms with Gasteiger partial charge in [0.05, 0.1) is 12.7 Å². The second kappa shape index (κ2) is 6.18. The first-order valence-corrected chi connectivity index (χ1v) is 7.38. The molecule has 21 heavy (non-hydrogen) atoms. The summed E-state index contributed by atoms with van der Waals surface area (Å²) in [5.74, 6) is 2.26. The van der Waals surface area contributed by atoms with Gasteiger partial charge in [-0.05, 0) is 13.0 Å². The Balaban J connectivity index is 1.91. The lowest BCUT2D eigenvalue weighted by atomic mass is 10.2. The maximum absolute atomic E-state index is 6.27. The molecule has 0 spiro atoms. The van der Waals surface area contributed by atoms with E-state index in [1.807, 2.05) is 25.1 Å². The van der Waals surface area contributed by atoms with Gasteiger partial charge in [-0.1, -0.05) is 29.8 Å². The van der Waals surface area contributed by atoms with Crippen molar-refractivity contribution in [3.8, 4) is 5.75 Å². The first-order valence-electron chi connectivity index (χ1n) is 7.00. The number of anilines is 2. The number of para-hydroxylation sites is 1. The highest BCUT2D eigenvalue weighted by molar-refractivity contribution is 6.32. The van der Waals surface area contributed by atoms with Crippen LogP contribution in [0.25, 0.3) is 0 Å². The first-order chi connectivity index (χ1) is 10.3. The van der Waals surface area contributed by atoms with Crippen molar-refractivity contribution >= 4 is 23.4 Å². The Labute approximate surface area is 128 Å². The van der Waals surface area contributed by atoms with E-state index in [1.165, 1.54) is 0 Å². The first kappa shape index (κ1) is 13.9. The summed E-state index contributed by atoms with van der Waals surface area (Å²) in [6.45, 7) is 4.84. The molecular formula is C15H17ClN4O. The van der Waals surface area contributed by atoms with E-state index in [1.54, 1.807) is 6.20 Å². The monoisotopic (exact) mass is 304 g/mol. The number of hydrogen-bond donors (Lipinski definition) is 1. The van der Waals surface area contributed by atoms with Crippen LogP contribution in [0, 0.1) is 0 Å². The van der Waals surface area contributed by atoms with Crippen molar-refractivity contribution < 1.29 is 4.74 Å². The minimum atomic E-state index is 0.552. The maximum atomic E-state index is 6.27. The smallest absolute Gasteiger partial charge is 0.224 e. The fourth-order valence-electron chi connectivity index (χ4n) is 2.33. The average molecular weight is 305 g/mol. The second-order valence-electron chi connectivity index (χ2n) is 4.77. The summed E-state index contributed by atoms with van der Waals surface area (Å²) >= 11 is 6.27. The normalized spacial score (nSPS) is 14.1. The molecule has 1 N–H and O–H groups in total. The lowest BCUT2D eigenvalue weighted by molar-refractivity contribution is 0.331. The number of ether oxygens (including phenoxy) is 1. The SMILES string of the molecule is CCNc1ncc(Cl)c(N2CCOc3ccccc3C2)n1. The van der Waals surface area contributed by atoms with Gasteiger partial charge in [0.15, 0.2) is 5.82 Å². The zero-order chi connectivity index (χ0) is 14.7. The number of benzene rings is 1.